The Hall–Kier alpha value is -1.42. The Morgan fingerprint density at radius 1 is 1.17 bits per heavy atom. The van der Waals surface area contributed by atoms with Crippen LogP contribution in [0.15, 0.2) is 24.3 Å². The van der Waals surface area contributed by atoms with E-state index in [9.17, 15) is 9.18 Å². The van der Waals surface area contributed by atoms with E-state index in [2.05, 4.69) is 17.6 Å². The van der Waals surface area contributed by atoms with Crippen LogP contribution < -0.4 is 10.6 Å². The monoisotopic (exact) mass is 252 g/mol. The molecule has 100 valence electrons. The van der Waals surface area contributed by atoms with Crippen molar-refractivity contribution in [2.75, 3.05) is 18.4 Å². The molecule has 3 nitrogen and oxygen atoms in total. The van der Waals surface area contributed by atoms with E-state index in [0.717, 1.165) is 13.0 Å². The van der Waals surface area contributed by atoms with E-state index in [4.69, 9.17) is 0 Å². The van der Waals surface area contributed by atoms with Gasteiger partial charge in [0.15, 0.2) is 0 Å². The number of halogens is 1. The van der Waals surface area contributed by atoms with E-state index in [-0.39, 0.29) is 11.7 Å². The molecule has 0 aromatic heterocycles. The first-order chi connectivity index (χ1) is 8.72. The molecule has 0 bridgehead atoms. The maximum Gasteiger partial charge on any atom is 0.238 e. The standard InChI is InChI=1S/C14H21FN2O/c1-2-3-4-5-10-16-11-14(18)17-13-8-6-12(15)7-9-13/h6-9,16H,2-5,10-11H2,1H3,(H,17,18). The molecule has 0 saturated heterocycles. The van der Waals surface area contributed by atoms with Gasteiger partial charge in [-0.2, -0.15) is 0 Å². The van der Waals surface area contributed by atoms with Gasteiger partial charge in [-0.15, -0.1) is 0 Å². The molecular weight excluding hydrogens is 231 g/mol. The highest BCUT2D eigenvalue weighted by Crippen LogP contribution is 2.07. The molecule has 0 saturated carbocycles. The van der Waals surface area contributed by atoms with Crippen LogP contribution in [0, 0.1) is 5.82 Å². The molecular formula is C14H21FN2O. The fourth-order valence-electron chi connectivity index (χ4n) is 1.62. The molecule has 1 aromatic rings. The first-order valence-electron chi connectivity index (χ1n) is 6.48. The van der Waals surface area contributed by atoms with Crippen molar-refractivity contribution in [3.8, 4) is 0 Å². The normalized spacial score (nSPS) is 10.3. The molecule has 4 heteroatoms. The lowest BCUT2D eigenvalue weighted by molar-refractivity contribution is -0.115. The highest BCUT2D eigenvalue weighted by molar-refractivity contribution is 5.92. The number of hydrogen-bond acceptors (Lipinski definition) is 2. The first-order valence-corrected chi connectivity index (χ1v) is 6.48. The number of anilines is 1. The Morgan fingerprint density at radius 2 is 1.89 bits per heavy atom. The Labute approximate surface area is 108 Å². The minimum absolute atomic E-state index is 0.0999. The van der Waals surface area contributed by atoms with Crippen molar-refractivity contribution in [3.63, 3.8) is 0 Å². The SMILES string of the molecule is CCCCCCNCC(=O)Nc1ccc(F)cc1. The summed E-state index contributed by atoms with van der Waals surface area (Å²) in [6, 6.07) is 5.75. The van der Waals surface area contributed by atoms with Crippen LogP contribution >= 0.6 is 0 Å². The molecule has 0 unspecified atom stereocenters. The molecule has 1 aromatic carbocycles. The largest absolute Gasteiger partial charge is 0.325 e. The summed E-state index contributed by atoms with van der Waals surface area (Å²) in [4.78, 5) is 11.5. The van der Waals surface area contributed by atoms with Crippen LogP contribution in [0.2, 0.25) is 0 Å². The van der Waals surface area contributed by atoms with Crippen molar-refractivity contribution < 1.29 is 9.18 Å². The van der Waals surface area contributed by atoms with Crippen LogP contribution in [0.3, 0.4) is 0 Å². The lowest BCUT2D eigenvalue weighted by atomic mass is 10.2. The number of amides is 1. The summed E-state index contributed by atoms with van der Waals surface area (Å²) >= 11 is 0. The van der Waals surface area contributed by atoms with Gasteiger partial charge in [0.25, 0.3) is 0 Å². The van der Waals surface area contributed by atoms with Gasteiger partial charge in [0, 0.05) is 5.69 Å². The van der Waals surface area contributed by atoms with Gasteiger partial charge in [-0.25, -0.2) is 4.39 Å². The average molecular weight is 252 g/mol. The molecule has 18 heavy (non-hydrogen) atoms. The van der Waals surface area contributed by atoms with Crippen LogP contribution in [0.1, 0.15) is 32.6 Å². The Kier molecular flexibility index (Phi) is 7.03. The number of carbonyl (C=O) groups is 1. The second kappa shape index (κ2) is 8.64. The summed E-state index contributed by atoms with van der Waals surface area (Å²) in [5.74, 6) is -0.404. The fraction of sp³-hybridized carbons (Fsp3) is 0.500. The predicted molar refractivity (Wildman–Crippen MR) is 72.0 cm³/mol. The van der Waals surface area contributed by atoms with E-state index < -0.39 is 0 Å². The van der Waals surface area contributed by atoms with Gasteiger partial charge in [0.2, 0.25) is 5.91 Å². The van der Waals surface area contributed by atoms with Gasteiger partial charge < -0.3 is 10.6 Å². The topological polar surface area (TPSA) is 41.1 Å². The number of hydrogen-bond donors (Lipinski definition) is 2. The van der Waals surface area contributed by atoms with Crippen molar-refractivity contribution in [1.29, 1.82) is 0 Å². The molecule has 0 heterocycles. The van der Waals surface area contributed by atoms with Crippen molar-refractivity contribution in [1.82, 2.24) is 5.32 Å². The average Bonchev–Trinajstić information content (AvgIpc) is 2.36. The van der Waals surface area contributed by atoms with Crippen LogP contribution in [0.5, 0.6) is 0 Å². The van der Waals surface area contributed by atoms with Crippen LogP contribution in [0.25, 0.3) is 0 Å². The zero-order valence-electron chi connectivity index (χ0n) is 10.8. The van der Waals surface area contributed by atoms with Crippen LogP contribution in [-0.2, 0) is 4.79 Å². The third-order valence-electron chi connectivity index (χ3n) is 2.62. The molecule has 2 N–H and O–H groups in total. The summed E-state index contributed by atoms with van der Waals surface area (Å²) in [7, 11) is 0. The van der Waals surface area contributed by atoms with E-state index in [0.29, 0.717) is 12.2 Å². The number of rotatable bonds is 8. The van der Waals surface area contributed by atoms with E-state index >= 15 is 0 Å². The number of benzene rings is 1. The highest BCUT2D eigenvalue weighted by Gasteiger charge is 2.01. The van der Waals surface area contributed by atoms with Crippen molar-refractivity contribution in [2.24, 2.45) is 0 Å². The Balaban J connectivity index is 2.12. The lowest BCUT2D eigenvalue weighted by Crippen LogP contribution is -2.28. The van der Waals surface area contributed by atoms with E-state index in [1.807, 2.05) is 0 Å². The summed E-state index contributed by atoms with van der Waals surface area (Å²) in [5, 5.41) is 5.79. The third-order valence-corrected chi connectivity index (χ3v) is 2.62. The molecule has 0 atom stereocenters. The molecule has 0 aliphatic heterocycles. The third kappa shape index (κ3) is 6.35. The maximum atomic E-state index is 12.6. The van der Waals surface area contributed by atoms with Crippen LogP contribution in [0.4, 0.5) is 10.1 Å². The van der Waals surface area contributed by atoms with Gasteiger partial charge >= 0.3 is 0 Å². The van der Waals surface area contributed by atoms with Crippen molar-refractivity contribution in [2.45, 2.75) is 32.6 Å². The molecule has 0 aliphatic carbocycles. The number of nitrogens with one attached hydrogen (secondary N) is 2. The van der Waals surface area contributed by atoms with Crippen molar-refractivity contribution in [3.05, 3.63) is 30.1 Å². The number of unbranched alkanes of at least 4 members (excludes halogenated alkanes) is 3. The number of carbonyl (C=O) groups excluding carboxylic acids is 1. The molecule has 0 spiro atoms. The molecule has 1 amide bonds. The molecule has 0 fully saturated rings. The summed E-state index contributed by atoms with van der Waals surface area (Å²) < 4.78 is 12.6. The molecule has 0 radical (unpaired) electrons. The first kappa shape index (κ1) is 14.6. The molecule has 1 rings (SSSR count). The van der Waals surface area contributed by atoms with E-state index in [1.165, 1.54) is 31.4 Å². The predicted octanol–water partition coefficient (Wildman–Crippen LogP) is 2.93. The minimum Gasteiger partial charge on any atom is -0.325 e. The maximum absolute atomic E-state index is 12.6. The van der Waals surface area contributed by atoms with Gasteiger partial charge in [-0.3, -0.25) is 4.79 Å². The quantitative estimate of drug-likeness (QED) is 0.698. The Morgan fingerprint density at radius 3 is 2.56 bits per heavy atom. The summed E-state index contributed by atoms with van der Waals surface area (Å²) in [6.07, 6.45) is 4.75. The zero-order valence-corrected chi connectivity index (χ0v) is 10.8. The van der Waals surface area contributed by atoms with Crippen molar-refractivity contribution >= 4 is 11.6 Å². The lowest BCUT2D eigenvalue weighted by Gasteiger charge is -2.06. The minimum atomic E-state index is -0.304. The zero-order chi connectivity index (χ0) is 13.2. The van der Waals surface area contributed by atoms with Gasteiger partial charge in [0.05, 0.1) is 6.54 Å². The smallest absolute Gasteiger partial charge is 0.238 e. The molecule has 0 aliphatic rings. The van der Waals surface area contributed by atoms with E-state index in [1.54, 1.807) is 12.1 Å². The van der Waals surface area contributed by atoms with Gasteiger partial charge in [-0.1, -0.05) is 26.2 Å². The second-order valence-corrected chi connectivity index (χ2v) is 4.29. The van der Waals surface area contributed by atoms with Gasteiger partial charge in [0.1, 0.15) is 5.82 Å². The van der Waals surface area contributed by atoms with Crippen LogP contribution in [-0.4, -0.2) is 19.0 Å². The Bertz CT molecular complexity index is 351. The highest BCUT2D eigenvalue weighted by atomic mass is 19.1. The summed E-state index contributed by atoms with van der Waals surface area (Å²) in [5.41, 5.74) is 0.620. The fourth-order valence-corrected chi connectivity index (χ4v) is 1.62. The van der Waals surface area contributed by atoms with Gasteiger partial charge in [-0.05, 0) is 37.2 Å². The second-order valence-electron chi connectivity index (χ2n) is 4.29. The summed E-state index contributed by atoms with van der Waals surface area (Å²) in [6.45, 7) is 3.32.